The van der Waals surface area contributed by atoms with Gasteiger partial charge in [-0.25, -0.2) is 0 Å². The van der Waals surface area contributed by atoms with Gasteiger partial charge in [-0.1, -0.05) is 0 Å². The third-order valence-corrected chi connectivity index (χ3v) is 1.13. The smallest absolute Gasteiger partial charge is 0.0636 e. The van der Waals surface area contributed by atoms with Gasteiger partial charge < -0.3 is 22.3 Å². The highest BCUT2D eigenvalue weighted by atomic mass is 16.3. The summed E-state index contributed by atoms with van der Waals surface area (Å²) in [6, 6.07) is 0. The van der Waals surface area contributed by atoms with Gasteiger partial charge in [-0.15, -0.1) is 0 Å². The molecule has 0 aliphatic rings. The Balaban J connectivity index is 3.58. The van der Waals surface area contributed by atoms with Gasteiger partial charge in [0.15, 0.2) is 0 Å². The standard InChI is InChI=1S/C4H13N3O/c5-1-4(7,2-6)3-8/h8H,1-3,5-7H2. The second-order valence-corrected chi connectivity index (χ2v) is 1.93. The molecule has 0 radical (unpaired) electrons. The molecule has 0 atom stereocenters. The van der Waals surface area contributed by atoms with E-state index in [1.54, 1.807) is 0 Å². The van der Waals surface area contributed by atoms with Crippen molar-refractivity contribution in [2.24, 2.45) is 17.2 Å². The van der Waals surface area contributed by atoms with E-state index >= 15 is 0 Å². The summed E-state index contributed by atoms with van der Waals surface area (Å²) < 4.78 is 0. The van der Waals surface area contributed by atoms with Crippen LogP contribution in [-0.2, 0) is 0 Å². The maximum atomic E-state index is 8.50. The SMILES string of the molecule is NCC(N)(CN)CO. The van der Waals surface area contributed by atoms with Crippen LogP contribution in [0.25, 0.3) is 0 Å². The molecule has 0 unspecified atom stereocenters. The zero-order valence-electron chi connectivity index (χ0n) is 4.80. The van der Waals surface area contributed by atoms with Crippen LogP contribution >= 0.6 is 0 Å². The number of hydrogen-bond donors (Lipinski definition) is 4. The Kier molecular flexibility index (Phi) is 2.93. The summed E-state index contributed by atoms with van der Waals surface area (Å²) in [6.45, 7) is 0.292. The van der Waals surface area contributed by atoms with Crippen molar-refractivity contribution in [3.8, 4) is 0 Å². The Morgan fingerprint density at radius 1 is 1.25 bits per heavy atom. The third-order valence-electron chi connectivity index (χ3n) is 1.13. The van der Waals surface area contributed by atoms with Crippen LogP contribution in [0.5, 0.6) is 0 Å². The lowest BCUT2D eigenvalue weighted by atomic mass is 10.0. The molecule has 8 heavy (non-hydrogen) atoms. The molecule has 0 aliphatic heterocycles. The Morgan fingerprint density at radius 2 is 1.62 bits per heavy atom. The summed E-state index contributed by atoms with van der Waals surface area (Å²) in [6.07, 6.45) is 0. The molecule has 0 rings (SSSR count). The molecule has 0 aromatic rings. The molecule has 4 nitrogen and oxygen atoms in total. The quantitative estimate of drug-likeness (QED) is 0.332. The number of nitrogens with two attached hydrogens (primary N) is 3. The van der Waals surface area contributed by atoms with Crippen LogP contribution in [0.4, 0.5) is 0 Å². The van der Waals surface area contributed by atoms with E-state index in [2.05, 4.69) is 0 Å². The largest absolute Gasteiger partial charge is 0.394 e. The second-order valence-electron chi connectivity index (χ2n) is 1.93. The number of aliphatic hydroxyl groups excluding tert-OH is 1. The van der Waals surface area contributed by atoms with E-state index in [9.17, 15) is 0 Å². The minimum atomic E-state index is -0.764. The summed E-state index contributed by atoms with van der Waals surface area (Å²) in [7, 11) is 0. The van der Waals surface area contributed by atoms with Crippen LogP contribution in [0.15, 0.2) is 0 Å². The van der Waals surface area contributed by atoms with Gasteiger partial charge in [0.25, 0.3) is 0 Å². The van der Waals surface area contributed by atoms with Crippen LogP contribution in [-0.4, -0.2) is 30.3 Å². The van der Waals surface area contributed by atoms with E-state index in [4.69, 9.17) is 22.3 Å². The fourth-order valence-electron chi connectivity index (χ4n) is 0.212. The van der Waals surface area contributed by atoms with Gasteiger partial charge in [0.05, 0.1) is 12.1 Å². The molecule has 50 valence electrons. The molecular weight excluding hydrogens is 106 g/mol. The summed E-state index contributed by atoms with van der Waals surface area (Å²) in [5.74, 6) is 0. The lowest BCUT2D eigenvalue weighted by Gasteiger charge is -2.22. The van der Waals surface area contributed by atoms with Crippen molar-refractivity contribution >= 4 is 0 Å². The van der Waals surface area contributed by atoms with Crippen LogP contribution in [0.2, 0.25) is 0 Å². The van der Waals surface area contributed by atoms with Crippen molar-refractivity contribution in [3.05, 3.63) is 0 Å². The van der Waals surface area contributed by atoms with Crippen molar-refractivity contribution < 1.29 is 5.11 Å². The van der Waals surface area contributed by atoms with Crippen LogP contribution in [0.3, 0.4) is 0 Å². The number of aliphatic hydroxyl groups is 1. The van der Waals surface area contributed by atoms with Gasteiger partial charge in [-0.3, -0.25) is 0 Å². The van der Waals surface area contributed by atoms with E-state index in [0.29, 0.717) is 0 Å². The molecule has 0 heterocycles. The van der Waals surface area contributed by atoms with Crippen LogP contribution in [0.1, 0.15) is 0 Å². The Hall–Kier alpha value is -0.160. The Labute approximate surface area is 48.6 Å². The molecule has 0 aliphatic carbocycles. The van der Waals surface area contributed by atoms with Gasteiger partial charge in [0.1, 0.15) is 0 Å². The topological polar surface area (TPSA) is 98.3 Å². The second kappa shape index (κ2) is 2.99. The minimum absolute atomic E-state index is 0.153. The molecule has 0 saturated carbocycles. The molecule has 0 aromatic heterocycles. The van der Waals surface area contributed by atoms with Crippen molar-refractivity contribution in [1.29, 1.82) is 0 Å². The lowest BCUT2D eigenvalue weighted by molar-refractivity contribution is 0.205. The third kappa shape index (κ3) is 1.75. The summed E-state index contributed by atoms with van der Waals surface area (Å²) in [5, 5.41) is 8.50. The molecule has 0 saturated heterocycles. The summed E-state index contributed by atoms with van der Waals surface area (Å²) >= 11 is 0. The van der Waals surface area contributed by atoms with Crippen molar-refractivity contribution in [1.82, 2.24) is 0 Å². The summed E-state index contributed by atoms with van der Waals surface area (Å²) in [5.41, 5.74) is 15.0. The van der Waals surface area contributed by atoms with E-state index in [1.807, 2.05) is 0 Å². The van der Waals surface area contributed by atoms with Crippen molar-refractivity contribution in [3.63, 3.8) is 0 Å². The Morgan fingerprint density at radius 3 is 1.62 bits per heavy atom. The van der Waals surface area contributed by atoms with E-state index in [0.717, 1.165) is 0 Å². The van der Waals surface area contributed by atoms with Crippen LogP contribution in [0, 0.1) is 0 Å². The van der Waals surface area contributed by atoms with Crippen molar-refractivity contribution in [2.75, 3.05) is 19.7 Å². The van der Waals surface area contributed by atoms with Gasteiger partial charge in [0.2, 0.25) is 0 Å². The maximum absolute atomic E-state index is 8.50. The van der Waals surface area contributed by atoms with E-state index in [-0.39, 0.29) is 19.7 Å². The first-order valence-electron chi connectivity index (χ1n) is 2.48. The van der Waals surface area contributed by atoms with E-state index in [1.165, 1.54) is 0 Å². The number of rotatable bonds is 3. The first kappa shape index (κ1) is 7.84. The molecule has 0 fully saturated rings. The molecule has 4 heteroatoms. The van der Waals surface area contributed by atoms with E-state index < -0.39 is 5.54 Å². The lowest BCUT2D eigenvalue weighted by Crippen LogP contribution is -2.55. The van der Waals surface area contributed by atoms with Crippen LogP contribution < -0.4 is 17.2 Å². The van der Waals surface area contributed by atoms with Gasteiger partial charge in [-0.2, -0.15) is 0 Å². The summed E-state index contributed by atoms with van der Waals surface area (Å²) in [4.78, 5) is 0. The average molecular weight is 119 g/mol. The molecule has 7 N–H and O–H groups in total. The molecule has 0 spiro atoms. The first-order chi connectivity index (χ1) is 3.68. The zero-order chi connectivity index (χ0) is 6.62. The maximum Gasteiger partial charge on any atom is 0.0636 e. The predicted molar refractivity (Wildman–Crippen MR) is 32.1 cm³/mol. The monoisotopic (exact) mass is 119 g/mol. The van der Waals surface area contributed by atoms with Gasteiger partial charge in [-0.05, 0) is 0 Å². The fraction of sp³-hybridized carbons (Fsp3) is 1.00. The highest BCUT2D eigenvalue weighted by Gasteiger charge is 2.18. The fourth-order valence-corrected chi connectivity index (χ4v) is 0.212. The highest BCUT2D eigenvalue weighted by molar-refractivity contribution is 4.84. The first-order valence-corrected chi connectivity index (χ1v) is 2.48. The molecule has 0 amide bonds. The normalized spacial score (nSPS) is 12.0. The van der Waals surface area contributed by atoms with Gasteiger partial charge in [0, 0.05) is 13.1 Å². The predicted octanol–water partition coefficient (Wildman–Crippen LogP) is -2.41. The highest BCUT2D eigenvalue weighted by Crippen LogP contribution is 1.89. The zero-order valence-corrected chi connectivity index (χ0v) is 4.80. The molecular formula is C4H13N3O. The molecule has 0 bridgehead atoms. The average Bonchev–Trinajstić information content (AvgIpc) is 1.87. The van der Waals surface area contributed by atoms with Gasteiger partial charge >= 0.3 is 0 Å². The number of hydrogen-bond acceptors (Lipinski definition) is 4. The minimum Gasteiger partial charge on any atom is -0.394 e. The Bertz CT molecular complexity index is 54.0. The molecule has 0 aromatic carbocycles. The van der Waals surface area contributed by atoms with Crippen molar-refractivity contribution in [2.45, 2.75) is 5.54 Å².